The first-order chi connectivity index (χ1) is 11.1. The Hall–Kier alpha value is -1.90. The molecule has 0 aliphatic rings. The van der Waals surface area contributed by atoms with Gasteiger partial charge in [0, 0.05) is 0 Å². The highest BCUT2D eigenvalue weighted by Crippen LogP contribution is 2.28. The summed E-state index contributed by atoms with van der Waals surface area (Å²) in [7, 11) is -7.69. The summed E-state index contributed by atoms with van der Waals surface area (Å²) in [5.74, 6) is 0.202. The molecule has 0 aliphatic carbocycles. The zero-order chi connectivity index (χ0) is 18.0. The Morgan fingerprint density at radius 2 is 1.50 bits per heavy atom. The largest absolute Gasteiger partial charge is 0.279 e. The van der Waals surface area contributed by atoms with Crippen molar-refractivity contribution in [3.63, 3.8) is 0 Å². The molecule has 24 heavy (non-hydrogen) atoms. The van der Waals surface area contributed by atoms with Crippen molar-refractivity contribution in [2.45, 2.75) is 36.0 Å². The van der Waals surface area contributed by atoms with E-state index >= 15 is 0 Å². The number of para-hydroxylation sites is 1. The number of nitrogens with two attached hydrogens (primary N) is 1. The third-order valence-corrected chi connectivity index (χ3v) is 6.12. The first-order valence-corrected chi connectivity index (χ1v) is 10.4. The Kier molecular flexibility index (Phi) is 5.32. The van der Waals surface area contributed by atoms with E-state index in [-0.39, 0.29) is 15.7 Å². The van der Waals surface area contributed by atoms with Crippen molar-refractivity contribution < 1.29 is 16.8 Å². The van der Waals surface area contributed by atoms with Crippen LogP contribution in [0.5, 0.6) is 0 Å². The van der Waals surface area contributed by atoms with E-state index < -0.39 is 20.0 Å². The van der Waals surface area contributed by atoms with Gasteiger partial charge in [-0.2, -0.15) is 0 Å². The fraction of sp³-hybridized carbons (Fsp3) is 0.250. The second-order valence-electron chi connectivity index (χ2n) is 5.52. The molecule has 0 amide bonds. The second-order valence-corrected chi connectivity index (χ2v) is 8.76. The van der Waals surface area contributed by atoms with E-state index in [1.165, 1.54) is 24.3 Å². The van der Waals surface area contributed by atoms with Crippen molar-refractivity contribution in [3.05, 3.63) is 54.1 Å². The zero-order valence-electron chi connectivity index (χ0n) is 13.4. The van der Waals surface area contributed by atoms with Gasteiger partial charge < -0.3 is 0 Å². The summed E-state index contributed by atoms with van der Waals surface area (Å²) in [6.45, 7) is 4.05. The number of anilines is 1. The van der Waals surface area contributed by atoms with Crippen LogP contribution in [0.3, 0.4) is 0 Å². The highest BCUT2D eigenvalue weighted by molar-refractivity contribution is 7.92. The molecule has 0 saturated heterocycles. The van der Waals surface area contributed by atoms with Gasteiger partial charge in [-0.05, 0) is 48.2 Å². The molecule has 3 N–H and O–H groups in total. The molecular weight excluding hydrogens is 348 g/mol. The Labute approximate surface area is 142 Å². The van der Waals surface area contributed by atoms with Gasteiger partial charge in [-0.3, -0.25) is 4.72 Å². The summed E-state index contributed by atoms with van der Waals surface area (Å²) in [6.07, 6.45) is 0.877. The predicted molar refractivity (Wildman–Crippen MR) is 93.8 cm³/mol. The molecule has 0 aliphatic heterocycles. The number of sulfonamides is 2. The van der Waals surface area contributed by atoms with E-state index in [0.29, 0.717) is 5.69 Å². The second kappa shape index (κ2) is 6.92. The van der Waals surface area contributed by atoms with Crippen LogP contribution in [0.15, 0.2) is 58.3 Å². The van der Waals surface area contributed by atoms with Gasteiger partial charge in [0.05, 0.1) is 15.5 Å². The monoisotopic (exact) mass is 368 g/mol. The highest BCUT2D eigenvalue weighted by atomic mass is 32.2. The Balaban J connectivity index is 2.36. The fourth-order valence-corrected chi connectivity index (χ4v) is 3.85. The minimum absolute atomic E-state index is 0.0335. The predicted octanol–water partition coefficient (Wildman–Crippen LogP) is 2.65. The third-order valence-electron chi connectivity index (χ3n) is 3.81. The van der Waals surface area contributed by atoms with Crippen molar-refractivity contribution in [2.24, 2.45) is 5.14 Å². The molecule has 8 heteroatoms. The molecule has 0 saturated carbocycles. The minimum Gasteiger partial charge on any atom is -0.279 e. The van der Waals surface area contributed by atoms with Gasteiger partial charge in [-0.15, -0.1) is 0 Å². The average Bonchev–Trinajstić information content (AvgIpc) is 2.53. The highest BCUT2D eigenvalue weighted by Gasteiger charge is 2.18. The lowest BCUT2D eigenvalue weighted by molar-refractivity contribution is 0.595. The van der Waals surface area contributed by atoms with Crippen LogP contribution in [-0.2, 0) is 20.0 Å². The third kappa shape index (κ3) is 4.14. The Morgan fingerprint density at radius 3 is 2.04 bits per heavy atom. The summed E-state index contributed by atoms with van der Waals surface area (Å²) in [6, 6.07) is 12.0. The molecule has 2 aromatic carbocycles. The van der Waals surface area contributed by atoms with Crippen LogP contribution >= 0.6 is 0 Å². The smallest absolute Gasteiger partial charge is 0.261 e. The molecule has 0 heterocycles. The SMILES string of the molecule is CC[C@H](C)c1ccccc1NS(=O)(=O)c1ccc(S(N)(=O)=O)cc1. The van der Waals surface area contributed by atoms with Crippen LogP contribution in [0.2, 0.25) is 0 Å². The van der Waals surface area contributed by atoms with E-state index in [9.17, 15) is 16.8 Å². The van der Waals surface area contributed by atoms with E-state index in [0.717, 1.165) is 12.0 Å². The number of benzene rings is 2. The lowest BCUT2D eigenvalue weighted by Crippen LogP contribution is -2.16. The van der Waals surface area contributed by atoms with Gasteiger partial charge in [-0.1, -0.05) is 32.0 Å². The molecule has 0 unspecified atom stereocenters. The van der Waals surface area contributed by atoms with Crippen LogP contribution in [0.25, 0.3) is 0 Å². The van der Waals surface area contributed by atoms with Crippen molar-refractivity contribution in [3.8, 4) is 0 Å². The van der Waals surface area contributed by atoms with Crippen LogP contribution in [0.4, 0.5) is 5.69 Å². The van der Waals surface area contributed by atoms with Crippen LogP contribution in [0.1, 0.15) is 31.7 Å². The molecule has 0 bridgehead atoms. The summed E-state index contributed by atoms with van der Waals surface area (Å²) < 4.78 is 50.1. The Morgan fingerprint density at radius 1 is 0.958 bits per heavy atom. The normalized spacial score (nSPS) is 13.5. The van der Waals surface area contributed by atoms with E-state index in [4.69, 9.17) is 5.14 Å². The van der Waals surface area contributed by atoms with Gasteiger partial charge >= 0.3 is 0 Å². The van der Waals surface area contributed by atoms with Gasteiger partial charge in [0.2, 0.25) is 10.0 Å². The number of hydrogen-bond donors (Lipinski definition) is 2. The summed E-state index contributed by atoms with van der Waals surface area (Å²) in [5, 5.41) is 5.02. The first kappa shape index (κ1) is 18.4. The first-order valence-electron chi connectivity index (χ1n) is 7.39. The van der Waals surface area contributed by atoms with Gasteiger partial charge in [0.1, 0.15) is 0 Å². The Bertz CT molecular complexity index is 921. The van der Waals surface area contributed by atoms with E-state index in [2.05, 4.69) is 4.72 Å². The van der Waals surface area contributed by atoms with Crippen molar-refractivity contribution >= 4 is 25.7 Å². The molecule has 2 aromatic rings. The fourth-order valence-electron chi connectivity index (χ4n) is 2.25. The van der Waals surface area contributed by atoms with Crippen molar-refractivity contribution in [2.75, 3.05) is 4.72 Å². The summed E-state index contributed by atoms with van der Waals surface area (Å²) in [5.41, 5.74) is 1.42. The van der Waals surface area contributed by atoms with E-state index in [1.54, 1.807) is 12.1 Å². The average molecular weight is 368 g/mol. The molecular formula is C16H20N2O4S2. The summed E-state index contributed by atoms with van der Waals surface area (Å²) in [4.78, 5) is -0.171. The van der Waals surface area contributed by atoms with Crippen LogP contribution in [0, 0.1) is 0 Å². The molecule has 1 atom stereocenters. The molecule has 0 radical (unpaired) electrons. The van der Waals surface area contributed by atoms with Gasteiger partial charge in [0.15, 0.2) is 0 Å². The maximum absolute atomic E-state index is 12.5. The van der Waals surface area contributed by atoms with Crippen LogP contribution in [-0.4, -0.2) is 16.8 Å². The number of primary sulfonamides is 1. The standard InChI is InChI=1S/C16H20N2O4S2/c1-3-12(2)15-6-4-5-7-16(15)18-24(21,22)14-10-8-13(9-11-14)23(17,19)20/h4-12,18H,3H2,1-2H3,(H2,17,19,20)/t12-/m0/s1. The number of rotatable bonds is 6. The molecule has 6 nitrogen and oxygen atoms in total. The molecule has 0 spiro atoms. The topological polar surface area (TPSA) is 106 Å². The maximum Gasteiger partial charge on any atom is 0.261 e. The zero-order valence-corrected chi connectivity index (χ0v) is 15.1. The van der Waals surface area contributed by atoms with Gasteiger partial charge in [0.25, 0.3) is 10.0 Å². The number of nitrogens with one attached hydrogen (secondary N) is 1. The van der Waals surface area contributed by atoms with Crippen LogP contribution < -0.4 is 9.86 Å². The van der Waals surface area contributed by atoms with Crippen molar-refractivity contribution in [1.29, 1.82) is 0 Å². The molecule has 0 aromatic heterocycles. The maximum atomic E-state index is 12.5. The lowest BCUT2D eigenvalue weighted by Gasteiger charge is -2.16. The number of hydrogen-bond acceptors (Lipinski definition) is 4. The van der Waals surface area contributed by atoms with Gasteiger partial charge in [-0.25, -0.2) is 22.0 Å². The molecule has 130 valence electrons. The minimum atomic E-state index is -3.86. The molecule has 2 rings (SSSR count). The van der Waals surface area contributed by atoms with E-state index in [1.807, 2.05) is 26.0 Å². The van der Waals surface area contributed by atoms with Crippen molar-refractivity contribution in [1.82, 2.24) is 0 Å². The molecule has 0 fully saturated rings. The summed E-state index contributed by atoms with van der Waals surface area (Å²) >= 11 is 0. The quantitative estimate of drug-likeness (QED) is 0.817. The lowest BCUT2D eigenvalue weighted by atomic mass is 9.97.